The second-order valence-corrected chi connectivity index (χ2v) is 7.41. The normalized spacial score (nSPS) is 15.5. The van der Waals surface area contributed by atoms with Crippen LogP contribution >= 0.6 is 27.7 Å². The number of nitrogens with one attached hydrogen (secondary N) is 1. The molecule has 5 heteroatoms. The largest absolute Gasteiger partial charge is 0.490 e. The van der Waals surface area contributed by atoms with Crippen molar-refractivity contribution in [2.24, 2.45) is 0 Å². The fourth-order valence-corrected chi connectivity index (χ4v) is 3.56. The highest BCUT2D eigenvalue weighted by molar-refractivity contribution is 9.10. The van der Waals surface area contributed by atoms with E-state index in [2.05, 4.69) is 21.2 Å². The van der Waals surface area contributed by atoms with Crippen LogP contribution in [0.2, 0.25) is 0 Å². The third-order valence-electron chi connectivity index (χ3n) is 3.20. The van der Waals surface area contributed by atoms with Crippen LogP contribution in [0.4, 0.5) is 5.69 Å². The van der Waals surface area contributed by atoms with Gasteiger partial charge in [-0.25, -0.2) is 0 Å². The lowest BCUT2D eigenvalue weighted by molar-refractivity contribution is -0.112. The van der Waals surface area contributed by atoms with Gasteiger partial charge >= 0.3 is 0 Å². The highest BCUT2D eigenvalue weighted by atomic mass is 79.9. The second-order valence-electron chi connectivity index (χ2n) is 5.41. The number of hydrogen-bond donors (Lipinski definition) is 1. The molecule has 0 aliphatic carbocycles. The van der Waals surface area contributed by atoms with E-state index in [1.807, 2.05) is 62.4 Å². The van der Waals surface area contributed by atoms with Gasteiger partial charge in [-0.2, -0.15) is 0 Å². The van der Waals surface area contributed by atoms with Crippen LogP contribution in [0.15, 0.2) is 56.7 Å². The molecule has 0 fully saturated rings. The molecule has 1 heterocycles. The van der Waals surface area contributed by atoms with E-state index >= 15 is 0 Å². The molecule has 0 bridgehead atoms. The van der Waals surface area contributed by atoms with Gasteiger partial charge in [0.25, 0.3) is 5.91 Å². The molecule has 1 aliphatic rings. The predicted molar refractivity (Wildman–Crippen MR) is 98.8 cm³/mol. The minimum absolute atomic E-state index is 0.0712. The van der Waals surface area contributed by atoms with Crippen molar-refractivity contribution in [1.29, 1.82) is 0 Å². The maximum Gasteiger partial charge on any atom is 0.262 e. The van der Waals surface area contributed by atoms with E-state index in [1.165, 1.54) is 11.8 Å². The molecule has 3 rings (SSSR count). The molecular weight excluding hydrogens is 374 g/mol. The minimum atomic E-state index is -0.0934. The van der Waals surface area contributed by atoms with Crippen molar-refractivity contribution in [2.75, 3.05) is 5.32 Å². The summed E-state index contributed by atoms with van der Waals surface area (Å²) < 4.78 is 6.79. The molecule has 0 aromatic heterocycles. The van der Waals surface area contributed by atoms with Crippen molar-refractivity contribution in [2.45, 2.75) is 24.8 Å². The number of ether oxygens (including phenoxy) is 1. The first-order valence-electron chi connectivity index (χ1n) is 7.29. The average molecular weight is 390 g/mol. The Morgan fingerprint density at radius 3 is 2.78 bits per heavy atom. The number of para-hydroxylation sites is 1. The number of thioether (sulfide) groups is 1. The molecule has 23 heavy (non-hydrogen) atoms. The Morgan fingerprint density at radius 1 is 1.22 bits per heavy atom. The van der Waals surface area contributed by atoms with E-state index in [0.717, 1.165) is 26.4 Å². The van der Waals surface area contributed by atoms with Crippen molar-refractivity contribution in [3.05, 3.63) is 57.4 Å². The lowest BCUT2D eigenvalue weighted by Crippen LogP contribution is -2.17. The highest BCUT2D eigenvalue weighted by Crippen LogP contribution is 2.39. The summed E-state index contributed by atoms with van der Waals surface area (Å²) in [7, 11) is 0. The Hall–Kier alpha value is -1.72. The third-order valence-corrected chi connectivity index (χ3v) is 4.79. The van der Waals surface area contributed by atoms with Crippen molar-refractivity contribution in [3.8, 4) is 5.75 Å². The van der Waals surface area contributed by atoms with Gasteiger partial charge in [-0.05, 0) is 50.3 Å². The van der Waals surface area contributed by atoms with Crippen molar-refractivity contribution in [3.63, 3.8) is 0 Å². The topological polar surface area (TPSA) is 38.3 Å². The summed E-state index contributed by atoms with van der Waals surface area (Å²) >= 11 is 4.95. The Morgan fingerprint density at radius 2 is 2.00 bits per heavy atom. The van der Waals surface area contributed by atoms with Crippen LogP contribution in [0.25, 0.3) is 6.08 Å². The molecule has 1 aliphatic heterocycles. The standard InChI is InChI=1S/C18H16BrNO2S/c1-11(2)22-15-8-7-13(19)9-12(15)10-17-18(21)20-14-5-3-4-6-16(14)23-17/h3-11H,1-2H3,(H,20,21)/b17-10+. The molecule has 3 nitrogen and oxygen atoms in total. The number of fused-ring (bicyclic) bond motifs is 1. The van der Waals surface area contributed by atoms with E-state index in [9.17, 15) is 4.79 Å². The Balaban J connectivity index is 1.98. The maximum atomic E-state index is 12.3. The highest BCUT2D eigenvalue weighted by Gasteiger charge is 2.21. The zero-order chi connectivity index (χ0) is 16.4. The molecule has 0 radical (unpaired) electrons. The average Bonchev–Trinajstić information content (AvgIpc) is 2.50. The summed E-state index contributed by atoms with van der Waals surface area (Å²) in [6.07, 6.45) is 1.94. The van der Waals surface area contributed by atoms with Crippen LogP contribution in [-0.2, 0) is 4.79 Å². The van der Waals surface area contributed by atoms with Crippen LogP contribution in [0, 0.1) is 0 Å². The summed E-state index contributed by atoms with van der Waals surface area (Å²) in [4.78, 5) is 14.0. The van der Waals surface area contributed by atoms with Gasteiger partial charge in [-0.3, -0.25) is 4.79 Å². The van der Waals surface area contributed by atoms with Gasteiger partial charge in [0.1, 0.15) is 5.75 Å². The second kappa shape index (κ2) is 6.81. The van der Waals surface area contributed by atoms with Crippen LogP contribution in [0.1, 0.15) is 19.4 Å². The van der Waals surface area contributed by atoms with E-state index in [1.54, 1.807) is 0 Å². The summed E-state index contributed by atoms with van der Waals surface area (Å²) in [6.45, 7) is 3.97. The number of amides is 1. The Kier molecular flexibility index (Phi) is 4.78. The number of rotatable bonds is 3. The number of carbonyl (C=O) groups excluding carboxylic acids is 1. The SMILES string of the molecule is CC(C)Oc1ccc(Br)cc1/C=C1/Sc2ccccc2NC1=O. The maximum absolute atomic E-state index is 12.3. The van der Waals surface area contributed by atoms with Gasteiger partial charge in [-0.15, -0.1) is 0 Å². The van der Waals surface area contributed by atoms with Gasteiger partial charge in [-0.1, -0.05) is 39.8 Å². The molecule has 0 saturated carbocycles. The smallest absolute Gasteiger partial charge is 0.262 e. The first-order valence-corrected chi connectivity index (χ1v) is 8.90. The summed E-state index contributed by atoms with van der Waals surface area (Å²) in [5, 5.41) is 2.92. The van der Waals surface area contributed by atoms with Crippen molar-refractivity contribution in [1.82, 2.24) is 0 Å². The van der Waals surface area contributed by atoms with Gasteiger partial charge in [0.05, 0.1) is 16.7 Å². The molecule has 2 aromatic carbocycles. The molecule has 118 valence electrons. The first-order chi connectivity index (χ1) is 11.0. The van der Waals surface area contributed by atoms with Gasteiger partial charge < -0.3 is 10.1 Å². The quantitative estimate of drug-likeness (QED) is 0.721. The predicted octanol–water partition coefficient (Wildman–Crippen LogP) is 5.32. The third kappa shape index (κ3) is 3.79. The van der Waals surface area contributed by atoms with Crippen LogP contribution in [-0.4, -0.2) is 12.0 Å². The number of hydrogen-bond acceptors (Lipinski definition) is 3. The Bertz CT molecular complexity index is 786. The molecule has 0 saturated heterocycles. The summed E-state index contributed by atoms with van der Waals surface area (Å²) in [6, 6.07) is 13.6. The minimum Gasteiger partial charge on any atom is -0.490 e. The van der Waals surface area contributed by atoms with Crippen LogP contribution < -0.4 is 10.1 Å². The van der Waals surface area contributed by atoms with Gasteiger partial charge in [0, 0.05) is 14.9 Å². The molecule has 0 unspecified atom stereocenters. The fourth-order valence-electron chi connectivity index (χ4n) is 2.24. The van der Waals surface area contributed by atoms with Gasteiger partial charge in [0.2, 0.25) is 0 Å². The van der Waals surface area contributed by atoms with E-state index < -0.39 is 0 Å². The zero-order valence-electron chi connectivity index (χ0n) is 12.8. The molecule has 1 N–H and O–H groups in total. The zero-order valence-corrected chi connectivity index (χ0v) is 15.2. The number of benzene rings is 2. The fraction of sp³-hybridized carbons (Fsp3) is 0.167. The van der Waals surface area contributed by atoms with Crippen LogP contribution in [0.3, 0.4) is 0 Å². The number of halogens is 1. The summed E-state index contributed by atoms with van der Waals surface area (Å²) in [5.74, 6) is 0.673. The molecular formula is C18H16BrNO2S. The molecule has 2 aromatic rings. The van der Waals surface area contributed by atoms with E-state index in [0.29, 0.717) is 4.91 Å². The first kappa shape index (κ1) is 16.1. The number of anilines is 1. The lowest BCUT2D eigenvalue weighted by atomic mass is 10.1. The summed E-state index contributed by atoms with van der Waals surface area (Å²) in [5.41, 5.74) is 1.73. The Labute approximate surface area is 148 Å². The van der Waals surface area contributed by atoms with E-state index in [4.69, 9.17) is 4.74 Å². The van der Waals surface area contributed by atoms with E-state index in [-0.39, 0.29) is 12.0 Å². The van der Waals surface area contributed by atoms with Crippen molar-refractivity contribution >= 4 is 45.4 Å². The molecule has 0 spiro atoms. The lowest BCUT2D eigenvalue weighted by Gasteiger charge is -2.19. The number of carbonyl (C=O) groups is 1. The molecule has 0 atom stereocenters. The van der Waals surface area contributed by atoms with Gasteiger partial charge in [0.15, 0.2) is 0 Å². The molecule has 1 amide bonds. The van der Waals surface area contributed by atoms with Crippen molar-refractivity contribution < 1.29 is 9.53 Å². The monoisotopic (exact) mass is 389 g/mol. The van der Waals surface area contributed by atoms with Crippen LogP contribution in [0.5, 0.6) is 5.75 Å².